The van der Waals surface area contributed by atoms with Gasteiger partial charge >= 0.3 is 0 Å². The van der Waals surface area contributed by atoms with Gasteiger partial charge in [-0.15, -0.1) is 11.3 Å². The molecule has 0 aliphatic carbocycles. The van der Waals surface area contributed by atoms with E-state index < -0.39 is 5.60 Å². The number of hydrogen-bond acceptors (Lipinski definition) is 5. The Bertz CT molecular complexity index is 673. The highest BCUT2D eigenvalue weighted by Crippen LogP contribution is 2.33. The minimum atomic E-state index is -0.939. The Labute approximate surface area is 128 Å². The zero-order chi connectivity index (χ0) is 15.8. The van der Waals surface area contributed by atoms with Crippen molar-refractivity contribution in [2.45, 2.75) is 33.3 Å². The summed E-state index contributed by atoms with van der Waals surface area (Å²) < 4.78 is 0. The van der Waals surface area contributed by atoms with Crippen molar-refractivity contribution >= 4 is 33.1 Å². The van der Waals surface area contributed by atoms with E-state index in [1.807, 2.05) is 26.0 Å². The number of thiophene rings is 1. The van der Waals surface area contributed by atoms with Crippen molar-refractivity contribution in [3.05, 3.63) is 22.7 Å². The molecule has 114 valence electrons. The maximum atomic E-state index is 12.6. The summed E-state index contributed by atoms with van der Waals surface area (Å²) in [6.45, 7) is 7.94. The van der Waals surface area contributed by atoms with Gasteiger partial charge in [-0.05, 0) is 39.8 Å². The average Bonchev–Trinajstić information content (AvgIpc) is 2.71. The quantitative estimate of drug-likeness (QED) is 0.909. The molecule has 0 bridgehead atoms. The number of aliphatic hydroxyl groups is 1. The topological polar surface area (TPSA) is 79.5 Å². The van der Waals surface area contributed by atoms with Gasteiger partial charge in [0, 0.05) is 24.2 Å². The molecule has 3 N–H and O–H groups in total. The smallest absolute Gasteiger partial charge is 0.266 e. The number of aromatic nitrogens is 1. The summed E-state index contributed by atoms with van der Waals surface area (Å²) in [6.07, 6.45) is 0. The molecule has 0 spiro atoms. The van der Waals surface area contributed by atoms with Gasteiger partial charge in [-0.2, -0.15) is 0 Å². The van der Waals surface area contributed by atoms with Crippen molar-refractivity contribution in [1.29, 1.82) is 0 Å². The molecule has 0 unspecified atom stereocenters. The van der Waals surface area contributed by atoms with Crippen molar-refractivity contribution in [3.8, 4) is 0 Å². The second kappa shape index (κ2) is 5.61. The molecule has 21 heavy (non-hydrogen) atoms. The van der Waals surface area contributed by atoms with Crippen LogP contribution in [0.2, 0.25) is 0 Å². The van der Waals surface area contributed by atoms with Crippen molar-refractivity contribution in [3.63, 3.8) is 0 Å². The first-order valence-electron chi connectivity index (χ1n) is 6.90. The lowest BCUT2D eigenvalue weighted by Gasteiger charge is -2.27. The number of nitrogens with two attached hydrogens (primary N) is 1. The Morgan fingerprint density at radius 3 is 2.71 bits per heavy atom. The molecule has 0 saturated carbocycles. The first kappa shape index (κ1) is 15.7. The molecule has 2 aromatic heterocycles. The Balaban J connectivity index is 2.40. The van der Waals surface area contributed by atoms with Gasteiger partial charge < -0.3 is 15.7 Å². The third-order valence-electron chi connectivity index (χ3n) is 3.17. The molecule has 0 radical (unpaired) electrons. The zero-order valence-electron chi connectivity index (χ0n) is 12.8. The molecule has 0 fully saturated rings. The monoisotopic (exact) mass is 307 g/mol. The number of carbonyl (C=O) groups excluding carboxylic acids is 1. The molecule has 2 rings (SSSR count). The van der Waals surface area contributed by atoms with Gasteiger partial charge in [-0.3, -0.25) is 4.79 Å². The Kier molecular flexibility index (Phi) is 4.20. The lowest BCUT2D eigenvalue weighted by atomic mass is 10.1. The van der Waals surface area contributed by atoms with Gasteiger partial charge in [0.25, 0.3) is 5.91 Å². The normalized spacial score (nSPS) is 11.9. The van der Waals surface area contributed by atoms with E-state index in [1.165, 1.54) is 11.3 Å². The number of amides is 1. The molecular weight excluding hydrogens is 286 g/mol. The van der Waals surface area contributed by atoms with E-state index in [2.05, 4.69) is 4.98 Å². The summed E-state index contributed by atoms with van der Waals surface area (Å²) in [4.78, 5) is 19.9. The molecule has 0 aromatic carbocycles. The van der Waals surface area contributed by atoms with Crippen molar-refractivity contribution in [1.82, 2.24) is 9.88 Å². The maximum Gasteiger partial charge on any atom is 0.266 e. The number of hydrogen-bond donors (Lipinski definition) is 2. The predicted octanol–water partition coefficient (Wildman–Crippen LogP) is 2.42. The molecule has 0 atom stereocenters. The minimum Gasteiger partial charge on any atom is -0.397 e. The van der Waals surface area contributed by atoms with Crippen LogP contribution < -0.4 is 5.73 Å². The number of anilines is 1. The number of carbonyl (C=O) groups is 1. The average molecular weight is 307 g/mol. The fourth-order valence-corrected chi connectivity index (χ4v) is 3.29. The fourth-order valence-electron chi connectivity index (χ4n) is 2.19. The molecule has 5 nitrogen and oxygen atoms in total. The van der Waals surface area contributed by atoms with E-state index in [9.17, 15) is 9.90 Å². The van der Waals surface area contributed by atoms with Gasteiger partial charge in [-0.1, -0.05) is 0 Å². The molecule has 2 aromatic rings. The highest BCUT2D eigenvalue weighted by molar-refractivity contribution is 7.21. The second-order valence-electron chi connectivity index (χ2n) is 5.78. The second-order valence-corrected chi connectivity index (χ2v) is 6.78. The zero-order valence-corrected chi connectivity index (χ0v) is 13.6. The summed E-state index contributed by atoms with van der Waals surface area (Å²) in [5.74, 6) is -0.155. The number of nitrogen functional groups attached to an aromatic ring is 1. The van der Waals surface area contributed by atoms with Crippen LogP contribution in [0.5, 0.6) is 0 Å². The standard InChI is InChI=1S/C15H21N3O2S/c1-5-18(8-15(3,4)20)14(19)12-11(16)10-7-6-9(2)17-13(10)21-12/h6-7,20H,5,8,16H2,1-4H3. The predicted molar refractivity (Wildman–Crippen MR) is 86.6 cm³/mol. The van der Waals surface area contributed by atoms with Crippen LogP contribution in [0.25, 0.3) is 10.2 Å². The molecule has 2 heterocycles. The van der Waals surface area contributed by atoms with E-state index in [0.717, 1.165) is 15.9 Å². The third-order valence-corrected chi connectivity index (χ3v) is 4.28. The van der Waals surface area contributed by atoms with Gasteiger partial charge in [0.05, 0.1) is 11.3 Å². The van der Waals surface area contributed by atoms with E-state index in [0.29, 0.717) is 17.1 Å². The molecule has 6 heteroatoms. The van der Waals surface area contributed by atoms with Crippen LogP contribution in [0, 0.1) is 6.92 Å². The minimum absolute atomic E-state index is 0.155. The largest absolute Gasteiger partial charge is 0.397 e. The number of aryl methyl sites for hydroxylation is 1. The number of pyridine rings is 1. The Hall–Kier alpha value is -1.66. The van der Waals surface area contributed by atoms with E-state index in [4.69, 9.17) is 5.73 Å². The summed E-state index contributed by atoms with van der Waals surface area (Å²) in [5, 5.41) is 10.7. The van der Waals surface area contributed by atoms with Crippen LogP contribution in [0.15, 0.2) is 12.1 Å². The van der Waals surface area contributed by atoms with Crippen LogP contribution in [0.1, 0.15) is 36.1 Å². The highest BCUT2D eigenvalue weighted by Gasteiger charge is 2.26. The number of nitrogens with zero attached hydrogens (tertiary/aromatic N) is 2. The lowest BCUT2D eigenvalue weighted by Crippen LogP contribution is -2.42. The van der Waals surface area contributed by atoms with E-state index in [1.54, 1.807) is 18.7 Å². The number of rotatable bonds is 4. The molecular formula is C15H21N3O2S. The lowest BCUT2D eigenvalue weighted by molar-refractivity contribution is 0.0318. The fraction of sp³-hybridized carbons (Fsp3) is 0.467. The van der Waals surface area contributed by atoms with Crippen molar-refractivity contribution in [2.75, 3.05) is 18.8 Å². The number of fused-ring (bicyclic) bond motifs is 1. The third kappa shape index (κ3) is 3.33. The summed E-state index contributed by atoms with van der Waals surface area (Å²) >= 11 is 1.31. The van der Waals surface area contributed by atoms with Crippen LogP contribution in [-0.4, -0.2) is 39.6 Å². The highest BCUT2D eigenvalue weighted by atomic mass is 32.1. The van der Waals surface area contributed by atoms with Crippen LogP contribution in [0.3, 0.4) is 0 Å². The van der Waals surface area contributed by atoms with Crippen molar-refractivity contribution in [2.24, 2.45) is 0 Å². The SMILES string of the molecule is CCN(CC(C)(C)O)C(=O)c1sc2nc(C)ccc2c1N. The maximum absolute atomic E-state index is 12.6. The molecule has 0 aliphatic heterocycles. The summed E-state index contributed by atoms with van der Waals surface area (Å²) in [6, 6.07) is 3.78. The van der Waals surface area contributed by atoms with Gasteiger partial charge in [0.15, 0.2) is 0 Å². The first-order valence-corrected chi connectivity index (χ1v) is 7.72. The van der Waals surface area contributed by atoms with Gasteiger partial charge in [-0.25, -0.2) is 4.98 Å². The van der Waals surface area contributed by atoms with E-state index >= 15 is 0 Å². The molecule has 1 amide bonds. The molecule has 0 saturated heterocycles. The summed E-state index contributed by atoms with van der Waals surface area (Å²) in [7, 11) is 0. The molecule has 0 aliphatic rings. The summed E-state index contributed by atoms with van der Waals surface area (Å²) in [5.41, 5.74) is 6.54. The Morgan fingerprint density at radius 2 is 2.14 bits per heavy atom. The number of likely N-dealkylation sites (N-methyl/N-ethyl adjacent to an activating group) is 1. The van der Waals surface area contributed by atoms with Crippen LogP contribution in [-0.2, 0) is 0 Å². The van der Waals surface area contributed by atoms with Gasteiger partial charge in [0.2, 0.25) is 0 Å². The van der Waals surface area contributed by atoms with E-state index in [-0.39, 0.29) is 12.5 Å². The van der Waals surface area contributed by atoms with Crippen LogP contribution >= 0.6 is 11.3 Å². The van der Waals surface area contributed by atoms with Crippen LogP contribution in [0.4, 0.5) is 5.69 Å². The van der Waals surface area contributed by atoms with Gasteiger partial charge in [0.1, 0.15) is 9.71 Å². The first-order chi connectivity index (χ1) is 9.73. The van der Waals surface area contributed by atoms with Crippen molar-refractivity contribution < 1.29 is 9.90 Å². The Morgan fingerprint density at radius 1 is 1.48 bits per heavy atom.